The zero-order chi connectivity index (χ0) is 43.0. The highest BCUT2D eigenvalue weighted by molar-refractivity contribution is 5.71. The van der Waals surface area contributed by atoms with Gasteiger partial charge in [-0.05, 0) is 70.6 Å². The minimum Gasteiger partial charge on any atom is -0.462 e. The second kappa shape index (κ2) is 48.0. The SMILES string of the molecule is CCCC/C=C\C/C=C\CCCCCCCC(=O)OC[C@@H](COC(=O)CCCCCCCCCCCCCCC)OC(=O)CCCCCCC/C=C\C/C=C\CCCC. The molecule has 0 bridgehead atoms. The van der Waals surface area contributed by atoms with Crippen LogP contribution in [0.4, 0.5) is 0 Å². The molecule has 6 nitrogen and oxygen atoms in total. The molecule has 0 N–H and O–H groups in total. The van der Waals surface area contributed by atoms with E-state index in [4.69, 9.17) is 14.2 Å². The van der Waals surface area contributed by atoms with Gasteiger partial charge in [0.1, 0.15) is 13.2 Å². The third-order valence-corrected chi connectivity index (χ3v) is 10.8. The van der Waals surface area contributed by atoms with E-state index in [2.05, 4.69) is 69.4 Å². The molecule has 0 saturated carbocycles. The van der Waals surface area contributed by atoms with Gasteiger partial charge in [0.25, 0.3) is 0 Å². The van der Waals surface area contributed by atoms with Gasteiger partial charge >= 0.3 is 17.9 Å². The molecule has 59 heavy (non-hydrogen) atoms. The molecule has 0 aliphatic heterocycles. The van der Waals surface area contributed by atoms with Crippen molar-refractivity contribution in [2.75, 3.05) is 13.2 Å². The van der Waals surface area contributed by atoms with Crippen molar-refractivity contribution < 1.29 is 28.6 Å². The maximum atomic E-state index is 12.8. The molecular weight excluding hydrogens is 733 g/mol. The Bertz CT molecular complexity index is 1040. The van der Waals surface area contributed by atoms with Crippen LogP contribution in [0.1, 0.15) is 252 Å². The van der Waals surface area contributed by atoms with Gasteiger partial charge in [-0.1, -0.05) is 211 Å². The topological polar surface area (TPSA) is 78.9 Å². The molecule has 6 heteroatoms. The van der Waals surface area contributed by atoms with E-state index in [0.717, 1.165) is 103 Å². The lowest BCUT2D eigenvalue weighted by Crippen LogP contribution is -2.30. The van der Waals surface area contributed by atoms with E-state index in [1.165, 1.54) is 109 Å². The van der Waals surface area contributed by atoms with Crippen molar-refractivity contribution in [3.05, 3.63) is 48.6 Å². The highest BCUT2D eigenvalue weighted by atomic mass is 16.6. The number of carbonyl (C=O) groups excluding carboxylic acids is 3. The molecule has 0 unspecified atom stereocenters. The molecule has 342 valence electrons. The molecule has 0 heterocycles. The summed E-state index contributed by atoms with van der Waals surface area (Å²) in [5.41, 5.74) is 0. The first-order chi connectivity index (χ1) is 29.0. The smallest absolute Gasteiger partial charge is 0.306 e. The second-order valence-electron chi connectivity index (χ2n) is 16.7. The van der Waals surface area contributed by atoms with Crippen LogP contribution in [0.3, 0.4) is 0 Å². The monoisotopic (exact) mass is 827 g/mol. The van der Waals surface area contributed by atoms with E-state index in [0.29, 0.717) is 19.3 Å². The summed E-state index contributed by atoms with van der Waals surface area (Å²) in [6.45, 7) is 6.54. The summed E-state index contributed by atoms with van der Waals surface area (Å²) in [5.74, 6) is -0.905. The molecule has 0 radical (unpaired) electrons. The Labute approximate surface area is 365 Å². The van der Waals surface area contributed by atoms with Crippen molar-refractivity contribution in [3.63, 3.8) is 0 Å². The zero-order valence-electron chi connectivity index (χ0n) is 39.0. The largest absolute Gasteiger partial charge is 0.462 e. The van der Waals surface area contributed by atoms with Gasteiger partial charge in [-0.3, -0.25) is 14.4 Å². The van der Waals surface area contributed by atoms with Crippen LogP contribution in [0.5, 0.6) is 0 Å². The molecular formula is C53H94O6. The Morgan fingerprint density at radius 2 is 0.627 bits per heavy atom. The van der Waals surface area contributed by atoms with Crippen LogP contribution in [-0.2, 0) is 28.6 Å². The minimum absolute atomic E-state index is 0.0814. The Morgan fingerprint density at radius 1 is 0.339 bits per heavy atom. The molecule has 0 aliphatic rings. The highest BCUT2D eigenvalue weighted by Crippen LogP contribution is 2.15. The number of unbranched alkanes of at least 4 members (excludes halogenated alkanes) is 26. The van der Waals surface area contributed by atoms with Crippen LogP contribution < -0.4 is 0 Å². The summed E-state index contributed by atoms with van der Waals surface area (Å²) in [6, 6.07) is 0. The summed E-state index contributed by atoms with van der Waals surface area (Å²) >= 11 is 0. The van der Waals surface area contributed by atoms with Crippen molar-refractivity contribution in [1.82, 2.24) is 0 Å². The summed E-state index contributed by atoms with van der Waals surface area (Å²) in [5, 5.41) is 0. The Kier molecular flexibility index (Phi) is 45.9. The molecule has 0 rings (SSSR count). The van der Waals surface area contributed by atoms with Gasteiger partial charge < -0.3 is 14.2 Å². The first-order valence-corrected chi connectivity index (χ1v) is 25.1. The van der Waals surface area contributed by atoms with Crippen molar-refractivity contribution in [2.24, 2.45) is 0 Å². The summed E-state index contributed by atoms with van der Waals surface area (Å²) in [4.78, 5) is 37.9. The fraction of sp³-hybridized carbons (Fsp3) is 0.792. The number of allylic oxidation sites excluding steroid dienone is 8. The molecule has 0 aliphatic carbocycles. The lowest BCUT2D eigenvalue weighted by atomic mass is 10.0. The first kappa shape index (κ1) is 56.4. The van der Waals surface area contributed by atoms with E-state index in [1.54, 1.807) is 0 Å². The molecule has 1 atom stereocenters. The van der Waals surface area contributed by atoms with Gasteiger partial charge in [-0.15, -0.1) is 0 Å². The van der Waals surface area contributed by atoms with Gasteiger partial charge in [0.05, 0.1) is 0 Å². The quantitative estimate of drug-likeness (QED) is 0.0263. The van der Waals surface area contributed by atoms with Crippen LogP contribution in [0.25, 0.3) is 0 Å². The van der Waals surface area contributed by atoms with Gasteiger partial charge in [0.2, 0.25) is 0 Å². The summed E-state index contributed by atoms with van der Waals surface area (Å²) < 4.78 is 16.8. The number of hydrogen-bond donors (Lipinski definition) is 0. The minimum atomic E-state index is -0.782. The van der Waals surface area contributed by atoms with Gasteiger partial charge in [0.15, 0.2) is 6.10 Å². The van der Waals surface area contributed by atoms with Gasteiger partial charge in [-0.25, -0.2) is 0 Å². The maximum absolute atomic E-state index is 12.8. The average molecular weight is 827 g/mol. The Hall–Kier alpha value is -2.63. The molecule has 0 aromatic carbocycles. The summed E-state index contributed by atoms with van der Waals surface area (Å²) in [6.07, 6.45) is 56.5. The molecule has 0 aromatic heterocycles. The van der Waals surface area contributed by atoms with Crippen molar-refractivity contribution in [1.29, 1.82) is 0 Å². The van der Waals surface area contributed by atoms with E-state index >= 15 is 0 Å². The highest BCUT2D eigenvalue weighted by Gasteiger charge is 2.19. The van der Waals surface area contributed by atoms with Crippen LogP contribution in [0.2, 0.25) is 0 Å². The lowest BCUT2D eigenvalue weighted by Gasteiger charge is -2.18. The van der Waals surface area contributed by atoms with E-state index < -0.39 is 6.10 Å². The lowest BCUT2D eigenvalue weighted by molar-refractivity contribution is -0.167. The first-order valence-electron chi connectivity index (χ1n) is 25.1. The van der Waals surface area contributed by atoms with Crippen LogP contribution >= 0.6 is 0 Å². The number of carbonyl (C=O) groups is 3. The van der Waals surface area contributed by atoms with Gasteiger partial charge in [-0.2, -0.15) is 0 Å². The van der Waals surface area contributed by atoms with E-state index in [1.807, 2.05) is 0 Å². The van der Waals surface area contributed by atoms with E-state index in [9.17, 15) is 14.4 Å². The third-order valence-electron chi connectivity index (χ3n) is 10.8. The predicted molar refractivity (Wildman–Crippen MR) is 252 cm³/mol. The van der Waals surface area contributed by atoms with Crippen LogP contribution in [0.15, 0.2) is 48.6 Å². The fourth-order valence-electron chi connectivity index (χ4n) is 6.95. The van der Waals surface area contributed by atoms with Crippen molar-refractivity contribution >= 4 is 17.9 Å². The van der Waals surface area contributed by atoms with E-state index in [-0.39, 0.29) is 31.1 Å². The fourth-order valence-corrected chi connectivity index (χ4v) is 6.95. The molecule has 0 saturated heterocycles. The number of ether oxygens (including phenoxy) is 3. The Balaban J connectivity index is 4.41. The second-order valence-corrected chi connectivity index (χ2v) is 16.7. The zero-order valence-corrected chi connectivity index (χ0v) is 39.0. The maximum Gasteiger partial charge on any atom is 0.306 e. The Morgan fingerprint density at radius 3 is 0.983 bits per heavy atom. The van der Waals surface area contributed by atoms with Gasteiger partial charge in [0, 0.05) is 19.3 Å². The number of esters is 3. The summed E-state index contributed by atoms with van der Waals surface area (Å²) in [7, 11) is 0. The van der Waals surface area contributed by atoms with Crippen LogP contribution in [0, 0.1) is 0 Å². The number of rotatable bonds is 45. The molecule has 0 aromatic rings. The predicted octanol–water partition coefficient (Wildman–Crippen LogP) is 16.3. The third kappa shape index (κ3) is 46.3. The molecule has 0 fully saturated rings. The van der Waals surface area contributed by atoms with Crippen molar-refractivity contribution in [3.8, 4) is 0 Å². The normalized spacial score (nSPS) is 12.4. The van der Waals surface area contributed by atoms with Crippen LogP contribution in [-0.4, -0.2) is 37.2 Å². The standard InChI is InChI=1S/C53H94O6/c1-4-7-10-13-16-19-22-25-28-31-34-37-40-43-46-52(55)58-49-50(48-57-51(54)45-42-39-36-33-30-27-24-21-18-15-12-9-6-3)59-53(56)47-44-41-38-35-32-29-26-23-20-17-14-11-8-5-2/h13-14,16-17,22-23,25-26,50H,4-12,15,18-21,24,27-49H2,1-3H3/b16-13-,17-14-,25-22-,26-23-/t50-/m1/s1. The molecule has 0 amide bonds. The average Bonchev–Trinajstić information content (AvgIpc) is 3.23. The molecule has 0 spiro atoms. The van der Waals surface area contributed by atoms with Crippen molar-refractivity contribution in [2.45, 2.75) is 258 Å². The number of hydrogen-bond acceptors (Lipinski definition) is 6.